The van der Waals surface area contributed by atoms with Crippen LogP contribution in [0.3, 0.4) is 0 Å². The Morgan fingerprint density at radius 2 is 2.50 bits per heavy atom. The number of hydrazine groups is 2. The van der Waals surface area contributed by atoms with Crippen molar-refractivity contribution < 1.29 is 4.74 Å². The molecule has 2 aliphatic heterocycles. The first kappa shape index (κ1) is 6.54. The summed E-state index contributed by atoms with van der Waals surface area (Å²) in [4.78, 5) is 0. The molecule has 2 aliphatic rings. The van der Waals surface area contributed by atoms with Crippen LogP contribution in [0.1, 0.15) is 12.8 Å². The summed E-state index contributed by atoms with van der Waals surface area (Å²) in [7, 11) is 0. The van der Waals surface area contributed by atoms with Gasteiger partial charge >= 0.3 is 0 Å². The summed E-state index contributed by atoms with van der Waals surface area (Å²) >= 11 is 0. The van der Waals surface area contributed by atoms with E-state index in [2.05, 4.69) is 16.0 Å². The fourth-order valence-electron chi connectivity index (χ4n) is 1.41. The molecule has 2 fully saturated rings. The molecule has 0 bridgehead atoms. The maximum absolute atomic E-state index is 5.46. The first-order chi connectivity index (χ1) is 4.97. The van der Waals surface area contributed by atoms with Gasteiger partial charge in [-0.1, -0.05) is 0 Å². The molecule has 2 N–H and O–H groups in total. The zero-order valence-corrected chi connectivity index (χ0v) is 5.97. The highest BCUT2D eigenvalue weighted by atomic mass is 16.5. The molecule has 58 valence electrons. The highest BCUT2D eigenvalue weighted by molar-refractivity contribution is 4.67. The van der Waals surface area contributed by atoms with Gasteiger partial charge in [-0.2, -0.15) is 5.53 Å². The zero-order valence-electron chi connectivity index (χ0n) is 5.97. The largest absolute Gasteiger partial charge is 0.362 e. The topological polar surface area (TPSA) is 36.5 Å². The second-order valence-corrected chi connectivity index (χ2v) is 2.70. The summed E-state index contributed by atoms with van der Waals surface area (Å²) in [6.45, 7) is 2.98. The molecule has 2 rings (SSSR count). The van der Waals surface area contributed by atoms with Crippen molar-refractivity contribution >= 4 is 0 Å². The Morgan fingerprint density at radius 3 is 3.10 bits per heavy atom. The third kappa shape index (κ3) is 1.15. The summed E-state index contributed by atoms with van der Waals surface area (Å²) in [5, 5.41) is 2.12. The molecular formula is C6H13N3O. The quantitative estimate of drug-likeness (QED) is 0.516. The highest BCUT2D eigenvalue weighted by Gasteiger charge is 2.24. The molecule has 4 nitrogen and oxygen atoms in total. The summed E-state index contributed by atoms with van der Waals surface area (Å²) in [5.74, 6) is 0. The third-order valence-corrected chi connectivity index (χ3v) is 1.95. The van der Waals surface area contributed by atoms with E-state index < -0.39 is 0 Å². The highest BCUT2D eigenvalue weighted by Crippen LogP contribution is 2.14. The van der Waals surface area contributed by atoms with Crippen LogP contribution in [0, 0.1) is 0 Å². The second-order valence-electron chi connectivity index (χ2n) is 2.70. The van der Waals surface area contributed by atoms with Crippen LogP contribution < -0.4 is 11.0 Å². The molecule has 0 amide bonds. The van der Waals surface area contributed by atoms with Crippen LogP contribution >= 0.6 is 0 Å². The Hall–Kier alpha value is -0.160. The van der Waals surface area contributed by atoms with Gasteiger partial charge in [0.25, 0.3) is 0 Å². The van der Waals surface area contributed by atoms with Crippen LogP contribution in [0.2, 0.25) is 0 Å². The Balaban J connectivity index is 1.85. The molecule has 0 aromatic heterocycles. The van der Waals surface area contributed by atoms with E-state index in [0.29, 0.717) is 6.23 Å². The summed E-state index contributed by atoms with van der Waals surface area (Å²) < 4.78 is 5.46. The average molecular weight is 143 g/mol. The SMILES string of the molecule is C1COC(N2CCNN2)C1. The lowest BCUT2D eigenvalue weighted by Gasteiger charge is -2.20. The van der Waals surface area contributed by atoms with Gasteiger partial charge in [-0.15, -0.1) is 0 Å². The van der Waals surface area contributed by atoms with Crippen LogP contribution in [0.5, 0.6) is 0 Å². The van der Waals surface area contributed by atoms with Gasteiger partial charge in [-0.05, 0) is 12.8 Å². The number of hydrogen-bond acceptors (Lipinski definition) is 4. The molecule has 0 aromatic rings. The maximum atomic E-state index is 5.46. The predicted molar refractivity (Wildman–Crippen MR) is 36.8 cm³/mol. The van der Waals surface area contributed by atoms with Crippen molar-refractivity contribution in [2.75, 3.05) is 19.7 Å². The Kier molecular flexibility index (Phi) is 1.86. The van der Waals surface area contributed by atoms with Gasteiger partial charge in [0.15, 0.2) is 0 Å². The molecule has 1 atom stereocenters. The van der Waals surface area contributed by atoms with E-state index in [1.165, 1.54) is 6.42 Å². The van der Waals surface area contributed by atoms with E-state index in [1.807, 2.05) is 0 Å². The Bertz CT molecular complexity index is 93.6. The van der Waals surface area contributed by atoms with Crippen molar-refractivity contribution in [3.8, 4) is 0 Å². The van der Waals surface area contributed by atoms with Crippen molar-refractivity contribution in [1.82, 2.24) is 16.0 Å². The van der Waals surface area contributed by atoms with Crippen LogP contribution in [0.25, 0.3) is 0 Å². The van der Waals surface area contributed by atoms with Crippen molar-refractivity contribution in [2.45, 2.75) is 19.1 Å². The van der Waals surface area contributed by atoms with Gasteiger partial charge in [0.1, 0.15) is 6.23 Å². The fourth-order valence-corrected chi connectivity index (χ4v) is 1.41. The molecule has 0 aromatic carbocycles. The van der Waals surface area contributed by atoms with E-state index in [0.717, 1.165) is 26.1 Å². The fraction of sp³-hybridized carbons (Fsp3) is 1.00. The number of nitrogens with one attached hydrogen (secondary N) is 2. The molecule has 2 saturated heterocycles. The number of hydrogen-bond donors (Lipinski definition) is 2. The average Bonchev–Trinajstić information content (AvgIpc) is 2.59. The monoisotopic (exact) mass is 143 g/mol. The van der Waals surface area contributed by atoms with Gasteiger partial charge < -0.3 is 4.74 Å². The summed E-state index contributed by atoms with van der Waals surface area (Å²) in [6, 6.07) is 0. The molecule has 0 radical (unpaired) electrons. The molecule has 4 heteroatoms. The first-order valence-electron chi connectivity index (χ1n) is 3.83. The second kappa shape index (κ2) is 2.84. The van der Waals surface area contributed by atoms with Crippen molar-refractivity contribution in [1.29, 1.82) is 0 Å². The maximum Gasteiger partial charge on any atom is 0.124 e. The minimum Gasteiger partial charge on any atom is -0.362 e. The first-order valence-corrected chi connectivity index (χ1v) is 3.83. The van der Waals surface area contributed by atoms with E-state index in [4.69, 9.17) is 4.74 Å². The van der Waals surface area contributed by atoms with Crippen LogP contribution in [0.15, 0.2) is 0 Å². The third-order valence-electron chi connectivity index (χ3n) is 1.95. The van der Waals surface area contributed by atoms with E-state index in [-0.39, 0.29) is 0 Å². The molecule has 0 aliphatic carbocycles. The Labute approximate surface area is 60.5 Å². The van der Waals surface area contributed by atoms with Gasteiger partial charge in [-0.3, -0.25) is 0 Å². The molecule has 0 spiro atoms. The smallest absolute Gasteiger partial charge is 0.124 e. The molecule has 10 heavy (non-hydrogen) atoms. The van der Waals surface area contributed by atoms with Crippen molar-refractivity contribution in [3.63, 3.8) is 0 Å². The molecule has 0 saturated carbocycles. The van der Waals surface area contributed by atoms with E-state index >= 15 is 0 Å². The van der Waals surface area contributed by atoms with Crippen molar-refractivity contribution in [3.05, 3.63) is 0 Å². The minimum absolute atomic E-state index is 0.315. The van der Waals surface area contributed by atoms with Gasteiger partial charge in [0.2, 0.25) is 0 Å². The lowest BCUT2D eigenvalue weighted by molar-refractivity contribution is -0.0358. The number of nitrogens with zero attached hydrogens (tertiary/aromatic N) is 1. The lowest BCUT2D eigenvalue weighted by Crippen LogP contribution is -2.43. The number of ether oxygens (including phenoxy) is 1. The number of rotatable bonds is 1. The van der Waals surface area contributed by atoms with Crippen molar-refractivity contribution in [2.24, 2.45) is 0 Å². The summed E-state index contributed by atoms with van der Waals surface area (Å²) in [5.41, 5.74) is 6.10. The minimum atomic E-state index is 0.315. The van der Waals surface area contributed by atoms with E-state index in [9.17, 15) is 0 Å². The van der Waals surface area contributed by atoms with Crippen LogP contribution in [0.4, 0.5) is 0 Å². The zero-order chi connectivity index (χ0) is 6.81. The molecule has 2 heterocycles. The molecular weight excluding hydrogens is 130 g/mol. The molecule has 1 unspecified atom stereocenters. The van der Waals surface area contributed by atoms with Gasteiger partial charge in [0.05, 0.1) is 0 Å². The normalized spacial score (nSPS) is 35.4. The predicted octanol–water partition coefficient (Wildman–Crippen LogP) is -0.552. The van der Waals surface area contributed by atoms with Gasteiger partial charge in [-0.25, -0.2) is 10.4 Å². The van der Waals surface area contributed by atoms with Crippen LogP contribution in [-0.2, 0) is 4.74 Å². The van der Waals surface area contributed by atoms with Crippen LogP contribution in [-0.4, -0.2) is 30.9 Å². The standard InChI is InChI=1S/C6H13N3O/c1-2-6(10-5-1)9-4-3-7-8-9/h6-8H,1-5H2. The Morgan fingerprint density at radius 1 is 1.50 bits per heavy atom. The van der Waals surface area contributed by atoms with E-state index in [1.54, 1.807) is 0 Å². The van der Waals surface area contributed by atoms with Gasteiger partial charge in [0, 0.05) is 19.7 Å². The summed E-state index contributed by atoms with van der Waals surface area (Å²) in [6.07, 6.45) is 2.67. The lowest BCUT2D eigenvalue weighted by atomic mass is 10.3.